The summed E-state index contributed by atoms with van der Waals surface area (Å²) >= 11 is 3.94. The van der Waals surface area contributed by atoms with Crippen LogP contribution in [0.4, 0.5) is 5.13 Å². The second-order valence-corrected chi connectivity index (χ2v) is 9.71. The molecule has 1 fully saturated rings. The minimum Gasteiger partial charge on any atom is -0.346 e. The van der Waals surface area contributed by atoms with E-state index in [-0.39, 0.29) is 5.54 Å². The predicted octanol–water partition coefficient (Wildman–Crippen LogP) is 3.67. The summed E-state index contributed by atoms with van der Waals surface area (Å²) in [4.78, 5) is 8.63. The van der Waals surface area contributed by atoms with E-state index in [4.69, 9.17) is 4.98 Å². The van der Waals surface area contributed by atoms with Gasteiger partial charge < -0.3 is 10.2 Å². The van der Waals surface area contributed by atoms with Crippen LogP contribution in [0.25, 0.3) is 0 Å². The zero-order chi connectivity index (χ0) is 14.9. The standard InChI is InChI=1S/C15H27N3S2/c1-10-8-18(9-11(2)19-10)14-17-12(3)13(20-14)7-16-15(4,5)6/h10-11,16H,7-9H2,1-6H3. The number of anilines is 1. The largest absolute Gasteiger partial charge is 0.346 e. The first kappa shape index (κ1) is 16.1. The van der Waals surface area contributed by atoms with Gasteiger partial charge >= 0.3 is 0 Å². The van der Waals surface area contributed by atoms with Crippen LogP contribution in [0.15, 0.2) is 0 Å². The molecule has 0 amide bonds. The molecule has 1 aromatic heterocycles. The van der Waals surface area contributed by atoms with Crippen molar-refractivity contribution in [3.05, 3.63) is 10.6 Å². The van der Waals surface area contributed by atoms with Gasteiger partial charge in [-0.05, 0) is 27.7 Å². The highest BCUT2D eigenvalue weighted by Crippen LogP contribution is 2.32. The molecule has 0 radical (unpaired) electrons. The van der Waals surface area contributed by atoms with E-state index in [1.54, 1.807) is 0 Å². The molecule has 1 aliphatic rings. The maximum Gasteiger partial charge on any atom is 0.185 e. The van der Waals surface area contributed by atoms with Gasteiger partial charge in [-0.25, -0.2) is 4.98 Å². The van der Waals surface area contributed by atoms with Crippen molar-refractivity contribution in [3.63, 3.8) is 0 Å². The van der Waals surface area contributed by atoms with Crippen LogP contribution in [0, 0.1) is 6.92 Å². The first-order chi connectivity index (χ1) is 9.24. The van der Waals surface area contributed by atoms with Crippen LogP contribution in [0.5, 0.6) is 0 Å². The van der Waals surface area contributed by atoms with Crippen LogP contribution in [0.2, 0.25) is 0 Å². The molecule has 0 aliphatic carbocycles. The molecule has 2 heterocycles. The van der Waals surface area contributed by atoms with E-state index in [0.717, 1.165) is 19.6 Å². The average Bonchev–Trinajstić information content (AvgIpc) is 2.66. The molecule has 1 saturated heterocycles. The number of nitrogens with zero attached hydrogens (tertiary/aromatic N) is 2. The van der Waals surface area contributed by atoms with Gasteiger partial charge in [0.25, 0.3) is 0 Å². The number of thiazole rings is 1. The van der Waals surface area contributed by atoms with Gasteiger partial charge in [-0.1, -0.05) is 13.8 Å². The summed E-state index contributed by atoms with van der Waals surface area (Å²) in [6.07, 6.45) is 0. The van der Waals surface area contributed by atoms with Crippen LogP contribution >= 0.6 is 23.1 Å². The van der Waals surface area contributed by atoms with Crippen molar-refractivity contribution >= 4 is 28.2 Å². The van der Waals surface area contributed by atoms with Crippen molar-refractivity contribution in [2.24, 2.45) is 0 Å². The molecular weight excluding hydrogens is 286 g/mol. The van der Waals surface area contributed by atoms with E-state index in [2.05, 4.69) is 63.5 Å². The Kier molecular flexibility index (Phi) is 5.03. The van der Waals surface area contributed by atoms with Crippen LogP contribution in [0.1, 0.15) is 45.2 Å². The van der Waals surface area contributed by atoms with Crippen LogP contribution in [-0.4, -0.2) is 34.1 Å². The fraction of sp³-hybridized carbons (Fsp3) is 0.800. The van der Waals surface area contributed by atoms with Crippen molar-refractivity contribution in [1.29, 1.82) is 0 Å². The molecule has 0 saturated carbocycles. The summed E-state index contributed by atoms with van der Waals surface area (Å²) in [7, 11) is 0. The minimum absolute atomic E-state index is 0.154. The summed E-state index contributed by atoms with van der Waals surface area (Å²) in [5.41, 5.74) is 1.33. The molecule has 0 aromatic carbocycles. The molecular formula is C15H27N3S2. The van der Waals surface area contributed by atoms with Gasteiger partial charge in [-0.3, -0.25) is 0 Å². The Bertz CT molecular complexity index is 440. The first-order valence-corrected chi connectivity index (χ1v) is 9.12. The lowest BCUT2D eigenvalue weighted by Gasteiger charge is -2.34. The molecule has 1 aromatic rings. The second-order valence-electron chi connectivity index (χ2n) is 6.77. The van der Waals surface area contributed by atoms with Crippen LogP contribution < -0.4 is 10.2 Å². The van der Waals surface area contributed by atoms with E-state index in [9.17, 15) is 0 Å². The smallest absolute Gasteiger partial charge is 0.185 e. The molecule has 3 nitrogen and oxygen atoms in total. The fourth-order valence-corrected chi connectivity index (χ4v) is 4.74. The summed E-state index contributed by atoms with van der Waals surface area (Å²) in [5.74, 6) is 0. The van der Waals surface area contributed by atoms with Gasteiger partial charge in [0.15, 0.2) is 5.13 Å². The zero-order valence-corrected chi connectivity index (χ0v) is 15.1. The van der Waals surface area contributed by atoms with E-state index in [1.165, 1.54) is 15.7 Å². The van der Waals surface area contributed by atoms with Crippen molar-refractivity contribution in [3.8, 4) is 0 Å². The minimum atomic E-state index is 0.154. The molecule has 1 N–H and O–H groups in total. The Balaban J connectivity index is 2.06. The Labute approximate surface area is 131 Å². The second kappa shape index (κ2) is 6.24. The Hall–Kier alpha value is -0.260. The quantitative estimate of drug-likeness (QED) is 0.921. The summed E-state index contributed by atoms with van der Waals surface area (Å²) in [5, 5.41) is 6.15. The number of hydrogen-bond acceptors (Lipinski definition) is 5. The molecule has 20 heavy (non-hydrogen) atoms. The van der Waals surface area contributed by atoms with Crippen molar-refractivity contribution < 1.29 is 0 Å². The molecule has 2 rings (SSSR count). The van der Waals surface area contributed by atoms with Gasteiger partial charge in [0.05, 0.1) is 5.69 Å². The number of aromatic nitrogens is 1. The number of thioether (sulfide) groups is 1. The third-order valence-corrected chi connectivity index (χ3v) is 5.80. The molecule has 0 bridgehead atoms. The summed E-state index contributed by atoms with van der Waals surface area (Å²) in [6.45, 7) is 16.5. The van der Waals surface area contributed by atoms with Gasteiger partial charge in [-0.15, -0.1) is 11.3 Å². The Morgan fingerprint density at radius 3 is 2.40 bits per heavy atom. The lowest BCUT2D eigenvalue weighted by molar-refractivity contribution is 0.425. The summed E-state index contributed by atoms with van der Waals surface area (Å²) < 4.78 is 0. The number of hydrogen-bond donors (Lipinski definition) is 1. The zero-order valence-electron chi connectivity index (χ0n) is 13.5. The van der Waals surface area contributed by atoms with Crippen molar-refractivity contribution in [1.82, 2.24) is 10.3 Å². The third-order valence-electron chi connectivity index (χ3n) is 3.35. The predicted molar refractivity (Wildman–Crippen MR) is 92.2 cm³/mol. The normalized spacial score (nSPS) is 24.2. The van der Waals surface area contributed by atoms with E-state index in [0.29, 0.717) is 10.5 Å². The molecule has 0 spiro atoms. The van der Waals surface area contributed by atoms with E-state index >= 15 is 0 Å². The Morgan fingerprint density at radius 1 is 1.25 bits per heavy atom. The van der Waals surface area contributed by atoms with Gasteiger partial charge in [0.1, 0.15) is 0 Å². The van der Waals surface area contributed by atoms with Gasteiger partial charge in [0.2, 0.25) is 0 Å². The first-order valence-electron chi connectivity index (χ1n) is 7.36. The molecule has 5 heteroatoms. The topological polar surface area (TPSA) is 28.2 Å². The highest BCUT2D eigenvalue weighted by molar-refractivity contribution is 8.00. The molecule has 114 valence electrons. The third kappa shape index (κ3) is 4.37. The molecule has 2 unspecified atom stereocenters. The average molecular weight is 314 g/mol. The fourth-order valence-electron chi connectivity index (χ4n) is 2.39. The maximum atomic E-state index is 4.80. The van der Waals surface area contributed by atoms with Gasteiger partial charge in [0, 0.05) is 40.6 Å². The van der Waals surface area contributed by atoms with Crippen LogP contribution in [0.3, 0.4) is 0 Å². The lowest BCUT2D eigenvalue weighted by Crippen LogP contribution is -2.40. The lowest BCUT2D eigenvalue weighted by atomic mass is 10.1. The van der Waals surface area contributed by atoms with E-state index < -0.39 is 0 Å². The number of aryl methyl sites for hydroxylation is 1. The molecule has 2 atom stereocenters. The van der Waals surface area contributed by atoms with Gasteiger partial charge in [-0.2, -0.15) is 11.8 Å². The maximum absolute atomic E-state index is 4.80. The van der Waals surface area contributed by atoms with Crippen molar-refractivity contribution in [2.75, 3.05) is 18.0 Å². The van der Waals surface area contributed by atoms with Crippen molar-refractivity contribution in [2.45, 2.75) is 64.1 Å². The van der Waals surface area contributed by atoms with Crippen LogP contribution in [-0.2, 0) is 6.54 Å². The monoisotopic (exact) mass is 313 g/mol. The highest BCUT2D eigenvalue weighted by atomic mass is 32.2. The molecule has 1 aliphatic heterocycles. The van der Waals surface area contributed by atoms with E-state index in [1.807, 2.05) is 11.3 Å². The number of rotatable bonds is 3. The summed E-state index contributed by atoms with van der Waals surface area (Å²) in [6, 6.07) is 0. The highest BCUT2D eigenvalue weighted by Gasteiger charge is 2.25. The number of nitrogens with one attached hydrogen (secondary N) is 1. The SMILES string of the molecule is Cc1nc(N2CC(C)SC(C)C2)sc1CNC(C)(C)C. The Morgan fingerprint density at radius 2 is 1.85 bits per heavy atom.